The van der Waals surface area contributed by atoms with E-state index in [2.05, 4.69) is 14.9 Å². The fourth-order valence-electron chi connectivity index (χ4n) is 1.56. The molecule has 1 aromatic heterocycles. The highest BCUT2D eigenvalue weighted by Gasteiger charge is 2.20. The van der Waals surface area contributed by atoms with Crippen molar-refractivity contribution in [3.63, 3.8) is 0 Å². The number of hydrogen-bond acceptors (Lipinski definition) is 5. The number of rotatable bonds is 5. The largest absolute Gasteiger partial charge is 0.496 e. The number of anilines is 1. The molecule has 0 radical (unpaired) electrons. The van der Waals surface area contributed by atoms with E-state index in [1.165, 1.54) is 25.4 Å². The number of sulfonamides is 1. The molecule has 3 N–H and O–H groups in total. The van der Waals surface area contributed by atoms with Gasteiger partial charge in [-0.1, -0.05) is 11.6 Å². The molecule has 0 aliphatic heterocycles. The first-order chi connectivity index (χ1) is 9.85. The number of carboxylic acids is 1. The van der Waals surface area contributed by atoms with Crippen LogP contribution in [0.5, 0.6) is 5.75 Å². The van der Waals surface area contributed by atoms with Crippen LogP contribution in [0.25, 0.3) is 0 Å². The molecule has 10 heteroatoms. The van der Waals surface area contributed by atoms with Crippen molar-refractivity contribution in [3.05, 3.63) is 35.0 Å². The average molecular weight is 332 g/mol. The minimum absolute atomic E-state index is 0.00637. The maximum atomic E-state index is 12.0. The Kier molecular flexibility index (Phi) is 4.05. The zero-order valence-electron chi connectivity index (χ0n) is 10.6. The molecule has 0 spiro atoms. The van der Waals surface area contributed by atoms with Gasteiger partial charge in [0.1, 0.15) is 11.3 Å². The van der Waals surface area contributed by atoms with E-state index in [9.17, 15) is 13.2 Å². The lowest BCUT2D eigenvalue weighted by molar-refractivity contribution is 0.0693. The second-order valence-corrected chi connectivity index (χ2v) is 5.92. The number of aromatic carboxylic acids is 1. The Labute approximate surface area is 124 Å². The van der Waals surface area contributed by atoms with Crippen LogP contribution in [0.1, 0.15) is 10.4 Å². The van der Waals surface area contributed by atoms with E-state index in [0.717, 1.165) is 6.07 Å². The van der Waals surface area contributed by atoms with E-state index in [4.69, 9.17) is 21.4 Å². The molecule has 0 atom stereocenters. The molecule has 0 fully saturated rings. The van der Waals surface area contributed by atoms with Gasteiger partial charge in [-0.15, -0.1) is 0 Å². The Morgan fingerprint density at radius 2 is 2.19 bits per heavy atom. The lowest BCUT2D eigenvalue weighted by Gasteiger charge is -2.12. The van der Waals surface area contributed by atoms with Gasteiger partial charge in [0.05, 0.1) is 24.0 Å². The van der Waals surface area contributed by atoms with E-state index >= 15 is 0 Å². The summed E-state index contributed by atoms with van der Waals surface area (Å²) in [4.78, 5) is 11.0. The van der Waals surface area contributed by atoms with Gasteiger partial charge in [-0.3, -0.25) is 9.82 Å². The smallest absolute Gasteiger partial charge is 0.339 e. The van der Waals surface area contributed by atoms with Crippen molar-refractivity contribution >= 4 is 33.3 Å². The van der Waals surface area contributed by atoms with Crippen molar-refractivity contribution in [1.29, 1.82) is 0 Å². The van der Waals surface area contributed by atoms with E-state index in [1.54, 1.807) is 0 Å². The summed E-state index contributed by atoms with van der Waals surface area (Å²) in [6.07, 6.45) is 1.28. The molecule has 2 aromatic rings. The second-order valence-electron chi connectivity index (χ2n) is 3.86. The summed E-state index contributed by atoms with van der Waals surface area (Å²) in [6.45, 7) is 0. The molecular weight excluding hydrogens is 322 g/mol. The highest BCUT2D eigenvalue weighted by Crippen LogP contribution is 2.32. The summed E-state index contributed by atoms with van der Waals surface area (Å²) in [5.41, 5.74) is -0.180. The molecule has 0 unspecified atom stereocenters. The van der Waals surface area contributed by atoms with Crippen LogP contribution in [0.3, 0.4) is 0 Å². The van der Waals surface area contributed by atoms with Crippen molar-refractivity contribution in [2.24, 2.45) is 0 Å². The number of carboxylic acid groups (broad SMARTS) is 1. The molecule has 1 heterocycles. The van der Waals surface area contributed by atoms with Gasteiger partial charge in [0, 0.05) is 6.07 Å². The number of carbonyl (C=O) groups is 1. The predicted molar refractivity (Wildman–Crippen MR) is 74.4 cm³/mol. The van der Waals surface area contributed by atoms with Crippen LogP contribution >= 0.6 is 11.6 Å². The minimum Gasteiger partial charge on any atom is -0.496 e. The lowest BCUT2D eigenvalue weighted by atomic mass is 10.2. The van der Waals surface area contributed by atoms with E-state index in [1.807, 2.05) is 0 Å². The number of benzene rings is 1. The van der Waals surface area contributed by atoms with Crippen molar-refractivity contribution in [1.82, 2.24) is 10.2 Å². The van der Waals surface area contributed by atoms with Gasteiger partial charge in [0.15, 0.2) is 5.03 Å². The highest BCUT2D eigenvalue weighted by molar-refractivity contribution is 7.92. The molecule has 0 bridgehead atoms. The fraction of sp³-hybridized carbons (Fsp3) is 0.0909. The molecule has 1 aromatic carbocycles. The van der Waals surface area contributed by atoms with Gasteiger partial charge >= 0.3 is 5.97 Å². The quantitative estimate of drug-likeness (QED) is 0.764. The molecule has 0 aliphatic carbocycles. The zero-order valence-corrected chi connectivity index (χ0v) is 12.2. The number of nitrogens with zero attached hydrogens (tertiary/aromatic N) is 1. The molecule has 0 amide bonds. The maximum absolute atomic E-state index is 12.0. The van der Waals surface area contributed by atoms with E-state index in [0.29, 0.717) is 0 Å². The summed E-state index contributed by atoms with van der Waals surface area (Å²) in [5.74, 6) is -1.26. The summed E-state index contributed by atoms with van der Waals surface area (Å²) < 4.78 is 31.2. The average Bonchev–Trinajstić information content (AvgIpc) is 2.95. The van der Waals surface area contributed by atoms with Crippen molar-refractivity contribution in [2.75, 3.05) is 11.8 Å². The second kappa shape index (κ2) is 5.62. The molecule has 0 aliphatic rings. The number of nitrogens with one attached hydrogen (secondary N) is 2. The fourth-order valence-corrected chi connectivity index (χ4v) is 2.81. The Balaban J connectivity index is 2.44. The summed E-state index contributed by atoms with van der Waals surface area (Å²) in [7, 11) is -2.64. The third-order valence-corrected chi connectivity index (χ3v) is 4.14. The van der Waals surface area contributed by atoms with Gasteiger partial charge in [-0.05, 0) is 12.1 Å². The van der Waals surface area contributed by atoms with Gasteiger partial charge in [0.25, 0.3) is 10.0 Å². The van der Waals surface area contributed by atoms with Crippen molar-refractivity contribution in [3.8, 4) is 5.75 Å². The number of halogens is 1. The molecule has 112 valence electrons. The van der Waals surface area contributed by atoms with E-state index in [-0.39, 0.29) is 27.0 Å². The third kappa shape index (κ3) is 3.09. The monoisotopic (exact) mass is 331 g/mol. The van der Waals surface area contributed by atoms with Crippen molar-refractivity contribution < 1.29 is 23.1 Å². The molecule has 8 nitrogen and oxygen atoms in total. The van der Waals surface area contributed by atoms with Crippen LogP contribution in [-0.2, 0) is 10.0 Å². The Hall–Kier alpha value is -2.26. The first-order valence-electron chi connectivity index (χ1n) is 5.48. The zero-order chi connectivity index (χ0) is 15.6. The Morgan fingerprint density at radius 1 is 1.48 bits per heavy atom. The van der Waals surface area contributed by atoms with E-state index < -0.39 is 16.0 Å². The van der Waals surface area contributed by atoms with Crippen LogP contribution in [0.2, 0.25) is 5.02 Å². The number of aromatic nitrogens is 2. The molecular formula is C11H10ClN3O5S. The summed E-state index contributed by atoms with van der Waals surface area (Å²) >= 11 is 5.90. The number of H-pyrrole nitrogens is 1. The number of hydrogen-bond donors (Lipinski definition) is 3. The number of aromatic amines is 1. The standard InChI is InChI=1S/C11H10ClN3O5S/c1-20-9-5-8(7(12)4-6(9)11(16)17)15-21(18,19)10-2-3-13-14-10/h2-5,15H,1H3,(H,13,14)(H,16,17). The van der Waals surface area contributed by atoms with Gasteiger partial charge in [-0.25, -0.2) is 4.79 Å². The van der Waals surface area contributed by atoms with Crippen molar-refractivity contribution in [2.45, 2.75) is 5.03 Å². The van der Waals surface area contributed by atoms with Crippen LogP contribution in [0.15, 0.2) is 29.4 Å². The number of ether oxygens (including phenoxy) is 1. The third-order valence-electron chi connectivity index (χ3n) is 2.53. The summed E-state index contributed by atoms with van der Waals surface area (Å²) in [5, 5.41) is 14.6. The van der Waals surface area contributed by atoms with Crippen LogP contribution in [0, 0.1) is 0 Å². The topological polar surface area (TPSA) is 121 Å². The van der Waals surface area contributed by atoms with Crippen LogP contribution in [0.4, 0.5) is 5.69 Å². The van der Waals surface area contributed by atoms with Gasteiger partial charge in [-0.2, -0.15) is 13.5 Å². The molecule has 0 saturated carbocycles. The van der Waals surface area contributed by atoms with Crippen LogP contribution < -0.4 is 9.46 Å². The normalized spacial score (nSPS) is 11.1. The van der Waals surface area contributed by atoms with Gasteiger partial charge < -0.3 is 9.84 Å². The van der Waals surface area contributed by atoms with Crippen LogP contribution in [-0.4, -0.2) is 36.8 Å². The first kappa shape index (κ1) is 15.1. The maximum Gasteiger partial charge on any atom is 0.339 e. The number of methoxy groups -OCH3 is 1. The molecule has 21 heavy (non-hydrogen) atoms. The SMILES string of the molecule is COc1cc(NS(=O)(=O)c2ccn[nH]2)c(Cl)cc1C(=O)O. The summed E-state index contributed by atoms with van der Waals surface area (Å²) in [6, 6.07) is 3.56. The van der Waals surface area contributed by atoms with Gasteiger partial charge in [0.2, 0.25) is 0 Å². The lowest BCUT2D eigenvalue weighted by Crippen LogP contribution is -2.14. The Morgan fingerprint density at radius 3 is 2.71 bits per heavy atom. The molecule has 0 saturated heterocycles. The minimum atomic E-state index is -3.91. The highest BCUT2D eigenvalue weighted by atomic mass is 35.5. The Bertz CT molecular complexity index is 773. The predicted octanol–water partition coefficient (Wildman–Crippen LogP) is 1.57. The molecule has 2 rings (SSSR count). The first-order valence-corrected chi connectivity index (χ1v) is 7.34.